The van der Waals surface area contributed by atoms with E-state index in [-0.39, 0.29) is 19.0 Å². The van der Waals surface area contributed by atoms with Gasteiger partial charge in [0.05, 0.1) is 22.3 Å². The second-order valence-electron chi connectivity index (χ2n) is 4.91. The van der Waals surface area contributed by atoms with Gasteiger partial charge in [-0.3, -0.25) is 4.79 Å². The summed E-state index contributed by atoms with van der Waals surface area (Å²) in [6, 6.07) is 5.35. The molecule has 0 aromatic carbocycles. The lowest BCUT2D eigenvalue weighted by atomic mass is 10.1. The van der Waals surface area contributed by atoms with Gasteiger partial charge in [-0.05, 0) is 24.3 Å². The van der Waals surface area contributed by atoms with Gasteiger partial charge in [-0.2, -0.15) is 13.2 Å². The van der Waals surface area contributed by atoms with E-state index < -0.39 is 23.7 Å². The van der Waals surface area contributed by atoms with Gasteiger partial charge >= 0.3 is 6.18 Å². The second-order valence-corrected chi connectivity index (χ2v) is 6.62. The Kier molecular flexibility index (Phi) is 4.20. The van der Waals surface area contributed by atoms with Gasteiger partial charge in [-0.25, -0.2) is 4.98 Å². The Balaban J connectivity index is 1.62. The SMILES string of the molecule is O=C(c1ccc(Cl)s1)N1CC(Oc2ncccc2C(F)(F)F)C1. The van der Waals surface area contributed by atoms with Crippen molar-refractivity contribution in [1.29, 1.82) is 0 Å². The lowest BCUT2D eigenvalue weighted by molar-refractivity contribution is -0.140. The molecule has 0 N–H and O–H groups in total. The van der Waals surface area contributed by atoms with E-state index in [0.29, 0.717) is 9.21 Å². The third kappa shape index (κ3) is 3.42. The number of nitrogens with zero attached hydrogens (tertiary/aromatic N) is 2. The van der Waals surface area contributed by atoms with Gasteiger partial charge in [0.25, 0.3) is 5.91 Å². The Hall–Kier alpha value is -1.80. The van der Waals surface area contributed by atoms with Crippen molar-refractivity contribution in [3.63, 3.8) is 0 Å². The van der Waals surface area contributed by atoms with Crippen LogP contribution in [0.1, 0.15) is 15.2 Å². The van der Waals surface area contributed by atoms with Crippen LogP contribution >= 0.6 is 22.9 Å². The number of likely N-dealkylation sites (tertiary alicyclic amines) is 1. The fraction of sp³-hybridized carbons (Fsp3) is 0.286. The van der Waals surface area contributed by atoms with Crippen molar-refractivity contribution in [3.8, 4) is 5.88 Å². The van der Waals surface area contributed by atoms with E-state index in [1.807, 2.05) is 0 Å². The van der Waals surface area contributed by atoms with Crippen LogP contribution in [-0.4, -0.2) is 35.0 Å². The molecule has 0 unspecified atom stereocenters. The van der Waals surface area contributed by atoms with Crippen LogP contribution in [0.25, 0.3) is 0 Å². The quantitative estimate of drug-likeness (QED) is 0.835. The fourth-order valence-electron chi connectivity index (χ4n) is 2.12. The summed E-state index contributed by atoms with van der Waals surface area (Å²) in [5, 5.41) is 0. The number of aromatic nitrogens is 1. The summed E-state index contributed by atoms with van der Waals surface area (Å²) in [5.74, 6) is -0.671. The van der Waals surface area contributed by atoms with Gasteiger partial charge in [0.15, 0.2) is 0 Å². The molecule has 0 atom stereocenters. The van der Waals surface area contributed by atoms with Gasteiger partial charge in [0, 0.05) is 6.20 Å². The van der Waals surface area contributed by atoms with Crippen molar-refractivity contribution in [2.24, 2.45) is 0 Å². The van der Waals surface area contributed by atoms with Crippen LogP contribution < -0.4 is 4.74 Å². The monoisotopic (exact) mass is 362 g/mol. The third-order valence-corrected chi connectivity index (χ3v) is 4.49. The summed E-state index contributed by atoms with van der Waals surface area (Å²) >= 11 is 6.93. The Morgan fingerprint density at radius 2 is 2.09 bits per heavy atom. The molecule has 0 bridgehead atoms. The number of hydrogen-bond acceptors (Lipinski definition) is 4. The molecular formula is C14H10ClF3N2O2S. The molecule has 2 aromatic rings. The highest BCUT2D eigenvalue weighted by Crippen LogP contribution is 2.35. The molecule has 122 valence electrons. The van der Waals surface area contributed by atoms with Crippen molar-refractivity contribution >= 4 is 28.8 Å². The molecule has 1 aliphatic heterocycles. The van der Waals surface area contributed by atoms with Crippen LogP contribution in [0.4, 0.5) is 13.2 Å². The number of ether oxygens (including phenoxy) is 1. The van der Waals surface area contributed by atoms with Crippen LogP contribution in [-0.2, 0) is 6.18 Å². The summed E-state index contributed by atoms with van der Waals surface area (Å²) in [4.78, 5) is 17.7. The molecule has 1 aliphatic rings. The number of carbonyl (C=O) groups is 1. The molecule has 4 nitrogen and oxygen atoms in total. The van der Waals surface area contributed by atoms with Crippen LogP contribution in [0.15, 0.2) is 30.5 Å². The van der Waals surface area contributed by atoms with Crippen molar-refractivity contribution < 1.29 is 22.7 Å². The van der Waals surface area contributed by atoms with Crippen molar-refractivity contribution in [2.75, 3.05) is 13.1 Å². The zero-order valence-electron chi connectivity index (χ0n) is 11.5. The molecule has 3 heterocycles. The van der Waals surface area contributed by atoms with Crippen LogP contribution in [0.5, 0.6) is 5.88 Å². The van der Waals surface area contributed by atoms with Gasteiger partial charge in [0.1, 0.15) is 11.7 Å². The first-order valence-electron chi connectivity index (χ1n) is 6.58. The number of carbonyl (C=O) groups excluding carboxylic acids is 1. The minimum atomic E-state index is -4.53. The number of rotatable bonds is 3. The maximum atomic E-state index is 12.9. The number of thiophene rings is 1. The third-order valence-electron chi connectivity index (χ3n) is 3.27. The first kappa shape index (κ1) is 16.1. The van der Waals surface area contributed by atoms with Gasteiger partial charge < -0.3 is 9.64 Å². The number of alkyl halides is 3. The lowest BCUT2D eigenvalue weighted by Crippen LogP contribution is -2.56. The van der Waals surface area contributed by atoms with Crippen LogP contribution in [0.3, 0.4) is 0 Å². The fourth-order valence-corrected chi connectivity index (χ4v) is 3.13. The van der Waals surface area contributed by atoms with Crippen LogP contribution in [0, 0.1) is 0 Å². The van der Waals surface area contributed by atoms with Crippen LogP contribution in [0.2, 0.25) is 4.34 Å². The standard InChI is InChI=1S/C14H10ClF3N2O2S/c15-11-4-3-10(23-11)13(21)20-6-8(7-20)22-12-9(14(16,17)18)2-1-5-19-12/h1-5,8H,6-7H2. The van der Waals surface area contributed by atoms with E-state index in [4.69, 9.17) is 16.3 Å². The minimum Gasteiger partial charge on any atom is -0.470 e. The maximum absolute atomic E-state index is 12.9. The smallest absolute Gasteiger partial charge is 0.421 e. The largest absolute Gasteiger partial charge is 0.470 e. The first-order valence-corrected chi connectivity index (χ1v) is 7.77. The molecular weight excluding hydrogens is 353 g/mol. The minimum absolute atomic E-state index is 0.209. The molecule has 1 saturated heterocycles. The summed E-state index contributed by atoms with van der Waals surface area (Å²) in [6.45, 7) is 0.421. The molecule has 0 spiro atoms. The van der Waals surface area contributed by atoms with E-state index in [9.17, 15) is 18.0 Å². The second kappa shape index (κ2) is 6.01. The Morgan fingerprint density at radius 3 is 2.70 bits per heavy atom. The predicted octanol–water partition coefficient (Wildman–Crippen LogP) is 3.72. The number of hydrogen-bond donors (Lipinski definition) is 0. The Labute approximate surface area is 138 Å². The number of pyridine rings is 1. The molecule has 23 heavy (non-hydrogen) atoms. The lowest BCUT2D eigenvalue weighted by Gasteiger charge is -2.38. The van der Waals surface area contributed by atoms with Crippen molar-refractivity contribution in [1.82, 2.24) is 9.88 Å². The molecule has 1 amide bonds. The highest BCUT2D eigenvalue weighted by molar-refractivity contribution is 7.17. The Morgan fingerprint density at radius 1 is 1.35 bits per heavy atom. The average molecular weight is 363 g/mol. The normalized spacial score (nSPS) is 15.4. The molecule has 0 aliphatic carbocycles. The van der Waals surface area contributed by atoms with Crippen molar-refractivity contribution in [2.45, 2.75) is 12.3 Å². The van der Waals surface area contributed by atoms with Gasteiger partial charge in [-0.15, -0.1) is 11.3 Å². The summed E-state index contributed by atoms with van der Waals surface area (Å²) in [7, 11) is 0. The zero-order chi connectivity index (χ0) is 16.6. The zero-order valence-corrected chi connectivity index (χ0v) is 13.1. The van der Waals surface area contributed by atoms with Gasteiger partial charge in [0.2, 0.25) is 5.88 Å². The van der Waals surface area contributed by atoms with E-state index in [0.717, 1.165) is 17.4 Å². The average Bonchev–Trinajstić information content (AvgIpc) is 2.88. The highest BCUT2D eigenvalue weighted by atomic mass is 35.5. The summed E-state index contributed by atoms with van der Waals surface area (Å²) in [5.41, 5.74) is -0.921. The maximum Gasteiger partial charge on any atom is 0.421 e. The summed E-state index contributed by atoms with van der Waals surface area (Å²) < 4.78 is 44.3. The molecule has 2 aromatic heterocycles. The summed E-state index contributed by atoms with van der Waals surface area (Å²) in [6.07, 6.45) is -3.80. The molecule has 0 saturated carbocycles. The van der Waals surface area contributed by atoms with Crippen molar-refractivity contribution in [3.05, 3.63) is 45.2 Å². The molecule has 0 radical (unpaired) electrons. The van der Waals surface area contributed by atoms with E-state index in [2.05, 4.69) is 4.98 Å². The number of halogens is 4. The Bertz CT molecular complexity index is 729. The van der Waals surface area contributed by atoms with E-state index in [1.54, 1.807) is 12.1 Å². The molecule has 1 fully saturated rings. The molecule has 3 rings (SSSR count). The molecule has 9 heteroatoms. The first-order chi connectivity index (χ1) is 10.8. The van der Waals surface area contributed by atoms with E-state index >= 15 is 0 Å². The predicted molar refractivity (Wildman–Crippen MR) is 78.9 cm³/mol. The van der Waals surface area contributed by atoms with E-state index in [1.165, 1.54) is 17.2 Å². The van der Waals surface area contributed by atoms with Gasteiger partial charge in [-0.1, -0.05) is 11.6 Å². The number of amides is 1. The highest BCUT2D eigenvalue weighted by Gasteiger charge is 2.38. The topological polar surface area (TPSA) is 42.4 Å².